The summed E-state index contributed by atoms with van der Waals surface area (Å²) in [5, 5.41) is 15.3. The highest BCUT2D eigenvalue weighted by atomic mass is 32.2. The number of rotatable bonds is 7. The number of allylic oxidation sites excluding steroid dienone is 1. The van der Waals surface area contributed by atoms with Gasteiger partial charge in [-0.3, -0.25) is 4.79 Å². The normalized spacial score (nSPS) is 19.6. The maximum atomic E-state index is 13.7. The van der Waals surface area contributed by atoms with Crippen LogP contribution in [0.5, 0.6) is 5.75 Å². The van der Waals surface area contributed by atoms with E-state index in [0.29, 0.717) is 22.4 Å². The number of hydrogen-bond acceptors (Lipinski definition) is 7. The van der Waals surface area contributed by atoms with Crippen molar-refractivity contribution < 1.29 is 13.9 Å². The van der Waals surface area contributed by atoms with Crippen LogP contribution >= 0.6 is 11.8 Å². The van der Waals surface area contributed by atoms with E-state index in [2.05, 4.69) is 40.5 Å². The minimum absolute atomic E-state index is 0.0909. The third-order valence-electron chi connectivity index (χ3n) is 7.10. The number of hydrogen-bond donors (Lipinski definition) is 0. The molecule has 1 amide bonds. The molecule has 39 heavy (non-hydrogen) atoms. The van der Waals surface area contributed by atoms with Crippen LogP contribution in [0, 0.1) is 5.92 Å². The number of carbonyl (C=O) groups is 1. The molecule has 0 bridgehead atoms. The molecule has 1 aliphatic heterocycles. The quantitative estimate of drug-likeness (QED) is 0.246. The van der Waals surface area contributed by atoms with Gasteiger partial charge in [-0.05, 0) is 54.2 Å². The minimum Gasteiger partial charge on any atom is -0.496 e. The van der Waals surface area contributed by atoms with Gasteiger partial charge in [0.25, 0.3) is 17.0 Å². The lowest BCUT2D eigenvalue weighted by molar-refractivity contribution is -0.130. The molecule has 1 fully saturated rings. The van der Waals surface area contributed by atoms with Crippen LogP contribution in [0.3, 0.4) is 0 Å². The Kier molecular flexibility index (Phi) is 7.27. The van der Waals surface area contributed by atoms with Gasteiger partial charge >= 0.3 is 0 Å². The van der Waals surface area contributed by atoms with Gasteiger partial charge in [-0.15, -0.1) is 10.2 Å². The molecule has 0 saturated heterocycles. The molecular weight excluding hydrogens is 508 g/mol. The Morgan fingerprint density at radius 3 is 2.56 bits per heavy atom. The molecular formula is C31H28N4O3S. The average molecular weight is 537 g/mol. The number of benzene rings is 3. The van der Waals surface area contributed by atoms with Gasteiger partial charge in [-0.2, -0.15) is 5.10 Å². The number of hydrazone groups is 1. The predicted molar refractivity (Wildman–Crippen MR) is 152 cm³/mol. The van der Waals surface area contributed by atoms with Gasteiger partial charge in [0.05, 0.1) is 30.2 Å². The van der Waals surface area contributed by atoms with Crippen LogP contribution in [0.2, 0.25) is 0 Å². The number of fused-ring (bicyclic) bond motifs is 1. The van der Waals surface area contributed by atoms with Crippen molar-refractivity contribution in [3.05, 3.63) is 102 Å². The van der Waals surface area contributed by atoms with Crippen molar-refractivity contribution in [3.63, 3.8) is 0 Å². The molecule has 7 nitrogen and oxygen atoms in total. The Balaban J connectivity index is 1.25. The van der Waals surface area contributed by atoms with E-state index in [1.54, 1.807) is 12.1 Å². The van der Waals surface area contributed by atoms with Crippen molar-refractivity contribution in [2.45, 2.75) is 30.5 Å². The number of para-hydroxylation sites is 1. The van der Waals surface area contributed by atoms with Crippen LogP contribution in [-0.2, 0) is 4.79 Å². The second kappa shape index (κ2) is 11.3. The fraction of sp³-hybridized carbons (Fsp3) is 0.226. The summed E-state index contributed by atoms with van der Waals surface area (Å²) in [6, 6.07) is 27.8. The minimum atomic E-state index is -0.138. The number of ether oxygens (including phenoxy) is 1. The summed E-state index contributed by atoms with van der Waals surface area (Å²) in [5.74, 6) is 1.21. The molecule has 4 aromatic rings. The Labute approximate surface area is 231 Å². The van der Waals surface area contributed by atoms with Crippen molar-refractivity contribution in [1.29, 1.82) is 0 Å². The SMILES string of the molecule is COc1ccccc1-c1nnc(SCC(=O)N2N=C3/C(=C\c4ccccc4)CCC[C@@H]3[C@H]2c2ccccc2)o1. The fourth-order valence-corrected chi connectivity index (χ4v) is 5.94. The van der Waals surface area contributed by atoms with Gasteiger partial charge in [0.15, 0.2) is 0 Å². The standard InChI is InChI=1S/C31H28N4O3S/c1-37-26-18-9-8-16-24(26)30-32-33-31(38-30)39-20-27(36)35-29(22-13-6-3-7-14-22)25-17-10-15-23(28(25)34-35)19-21-11-4-2-5-12-21/h2-9,11-14,16,18-19,25,29H,10,15,17,20H2,1H3/b23-19-/t25-,29+/m0/s1. The second-order valence-electron chi connectivity index (χ2n) is 9.52. The largest absolute Gasteiger partial charge is 0.496 e. The fourth-order valence-electron chi connectivity index (χ4n) is 5.33. The van der Waals surface area contributed by atoms with E-state index in [1.165, 1.54) is 17.3 Å². The Hall–Kier alpha value is -4.17. The number of carbonyl (C=O) groups excluding carboxylic acids is 1. The number of methoxy groups -OCH3 is 1. The van der Waals surface area contributed by atoms with E-state index in [0.717, 1.165) is 36.1 Å². The predicted octanol–water partition coefficient (Wildman–Crippen LogP) is 6.66. The number of aromatic nitrogens is 2. The van der Waals surface area contributed by atoms with Crippen molar-refractivity contribution in [3.8, 4) is 17.2 Å². The van der Waals surface area contributed by atoms with Crippen molar-refractivity contribution in [1.82, 2.24) is 15.2 Å². The zero-order valence-corrected chi connectivity index (χ0v) is 22.4. The highest BCUT2D eigenvalue weighted by molar-refractivity contribution is 7.99. The molecule has 1 aliphatic carbocycles. The lowest BCUT2D eigenvalue weighted by Crippen LogP contribution is -2.32. The first-order valence-corrected chi connectivity index (χ1v) is 14.0. The zero-order chi connectivity index (χ0) is 26.6. The molecule has 0 spiro atoms. The third-order valence-corrected chi connectivity index (χ3v) is 7.90. The van der Waals surface area contributed by atoms with Crippen LogP contribution in [0.15, 0.2) is 105 Å². The average Bonchev–Trinajstić information content (AvgIpc) is 3.63. The van der Waals surface area contributed by atoms with Gasteiger partial charge in [0, 0.05) is 5.92 Å². The summed E-state index contributed by atoms with van der Waals surface area (Å²) in [4.78, 5) is 13.7. The summed E-state index contributed by atoms with van der Waals surface area (Å²) in [6.45, 7) is 0. The second-order valence-corrected chi connectivity index (χ2v) is 10.4. The summed E-state index contributed by atoms with van der Waals surface area (Å²) in [7, 11) is 1.60. The monoisotopic (exact) mass is 536 g/mol. The van der Waals surface area contributed by atoms with Crippen molar-refractivity contribution in [2.24, 2.45) is 11.0 Å². The topological polar surface area (TPSA) is 80.8 Å². The molecule has 196 valence electrons. The summed E-state index contributed by atoms with van der Waals surface area (Å²) in [5.41, 5.74) is 5.18. The lowest BCUT2D eigenvalue weighted by Gasteiger charge is -2.29. The van der Waals surface area contributed by atoms with E-state index in [-0.39, 0.29) is 23.6 Å². The van der Waals surface area contributed by atoms with Crippen LogP contribution in [0.1, 0.15) is 36.4 Å². The van der Waals surface area contributed by atoms with Gasteiger partial charge in [-0.25, -0.2) is 5.01 Å². The molecule has 1 saturated carbocycles. The number of nitrogens with zero attached hydrogens (tertiary/aromatic N) is 4. The number of thioether (sulfide) groups is 1. The van der Waals surface area contributed by atoms with Crippen molar-refractivity contribution in [2.75, 3.05) is 12.9 Å². The van der Waals surface area contributed by atoms with Crippen LogP contribution in [0.4, 0.5) is 0 Å². The Bertz CT molecular complexity index is 1520. The Morgan fingerprint density at radius 2 is 1.77 bits per heavy atom. The number of amides is 1. The smallest absolute Gasteiger partial charge is 0.277 e. The van der Waals surface area contributed by atoms with Gasteiger partial charge in [0.2, 0.25) is 0 Å². The van der Waals surface area contributed by atoms with Crippen LogP contribution in [-0.4, -0.2) is 39.7 Å². The first-order chi connectivity index (χ1) is 19.2. The molecule has 1 aromatic heterocycles. The molecule has 0 N–H and O–H groups in total. The van der Waals surface area contributed by atoms with E-state index in [4.69, 9.17) is 14.3 Å². The van der Waals surface area contributed by atoms with Crippen molar-refractivity contribution >= 4 is 29.5 Å². The molecule has 2 heterocycles. The highest BCUT2D eigenvalue weighted by Gasteiger charge is 2.43. The summed E-state index contributed by atoms with van der Waals surface area (Å²) in [6.07, 6.45) is 5.23. The molecule has 0 radical (unpaired) electrons. The molecule has 2 atom stereocenters. The van der Waals surface area contributed by atoms with E-state index in [1.807, 2.05) is 60.7 Å². The molecule has 6 rings (SSSR count). The van der Waals surface area contributed by atoms with E-state index >= 15 is 0 Å². The molecule has 0 unspecified atom stereocenters. The Morgan fingerprint density at radius 1 is 1.03 bits per heavy atom. The van der Waals surface area contributed by atoms with Crippen LogP contribution in [0.25, 0.3) is 17.5 Å². The summed E-state index contributed by atoms with van der Waals surface area (Å²) >= 11 is 1.22. The molecule has 8 heteroatoms. The summed E-state index contributed by atoms with van der Waals surface area (Å²) < 4.78 is 11.3. The maximum absolute atomic E-state index is 13.7. The molecule has 3 aromatic carbocycles. The van der Waals surface area contributed by atoms with E-state index in [9.17, 15) is 4.79 Å². The first-order valence-electron chi connectivity index (χ1n) is 13.0. The first kappa shape index (κ1) is 25.1. The van der Waals surface area contributed by atoms with E-state index < -0.39 is 0 Å². The molecule has 2 aliphatic rings. The maximum Gasteiger partial charge on any atom is 0.277 e. The lowest BCUT2D eigenvalue weighted by atomic mass is 9.77. The zero-order valence-electron chi connectivity index (χ0n) is 21.6. The van der Waals surface area contributed by atoms with Gasteiger partial charge < -0.3 is 9.15 Å². The third kappa shape index (κ3) is 5.25. The van der Waals surface area contributed by atoms with Gasteiger partial charge in [0.1, 0.15) is 5.75 Å². The highest BCUT2D eigenvalue weighted by Crippen LogP contribution is 2.44. The van der Waals surface area contributed by atoms with Crippen LogP contribution < -0.4 is 4.74 Å². The van der Waals surface area contributed by atoms with Gasteiger partial charge in [-0.1, -0.05) is 84.6 Å².